The summed E-state index contributed by atoms with van der Waals surface area (Å²) in [4.78, 5) is 31.2. The zero-order chi connectivity index (χ0) is 18.6. The number of hydrogen-bond acceptors (Lipinski definition) is 3. The molecule has 136 valence electrons. The quantitative estimate of drug-likeness (QED) is 0.738. The minimum absolute atomic E-state index is 0.141. The summed E-state index contributed by atoms with van der Waals surface area (Å²) >= 11 is 0. The molecule has 1 aliphatic heterocycles. The number of benzene rings is 2. The van der Waals surface area contributed by atoms with E-state index in [1.54, 1.807) is 23.1 Å². The Morgan fingerprint density at radius 1 is 0.815 bits per heavy atom. The summed E-state index contributed by atoms with van der Waals surface area (Å²) in [6, 6.07) is 18.3. The summed E-state index contributed by atoms with van der Waals surface area (Å²) in [5.74, 6) is -0.316. The first-order chi connectivity index (χ1) is 13.2. The molecule has 2 N–H and O–H groups in total. The number of likely N-dealkylation sites (tertiary alicyclic amines) is 1. The molecule has 1 fully saturated rings. The number of anilines is 2. The summed E-state index contributed by atoms with van der Waals surface area (Å²) in [5, 5.41) is 6.72. The molecule has 0 radical (unpaired) electrons. The van der Waals surface area contributed by atoms with Gasteiger partial charge in [-0.2, -0.15) is 0 Å². The fourth-order valence-electron chi connectivity index (χ4n) is 3.19. The molecule has 2 heterocycles. The fourth-order valence-corrected chi connectivity index (χ4v) is 3.19. The van der Waals surface area contributed by atoms with E-state index >= 15 is 0 Å². The third-order valence-corrected chi connectivity index (χ3v) is 4.64. The Kier molecular flexibility index (Phi) is 4.70. The van der Waals surface area contributed by atoms with E-state index in [4.69, 9.17) is 0 Å². The normalized spacial score (nSPS) is 13.6. The van der Waals surface area contributed by atoms with Crippen molar-refractivity contribution in [3.8, 4) is 0 Å². The molecule has 6 heteroatoms. The van der Waals surface area contributed by atoms with Crippen molar-refractivity contribution in [2.45, 2.75) is 12.8 Å². The van der Waals surface area contributed by atoms with Crippen molar-refractivity contribution in [3.05, 3.63) is 66.4 Å². The zero-order valence-corrected chi connectivity index (χ0v) is 14.8. The second kappa shape index (κ2) is 7.45. The standard InChI is InChI=1S/C21H20N4O2/c26-20(19-12-11-15-7-1-2-8-16(15)22-19)23-17-9-3-4-10-18(17)24-21(27)25-13-5-6-14-25/h1-4,7-12H,5-6,13-14H2,(H,23,26)(H,24,27). The number of nitrogens with one attached hydrogen (secondary N) is 2. The first-order valence-electron chi connectivity index (χ1n) is 9.03. The molecule has 0 atom stereocenters. The Hall–Kier alpha value is -3.41. The first-order valence-corrected chi connectivity index (χ1v) is 9.03. The van der Waals surface area contributed by atoms with Gasteiger partial charge >= 0.3 is 6.03 Å². The number of carbonyl (C=O) groups excluding carboxylic acids is 2. The lowest BCUT2D eigenvalue weighted by Gasteiger charge is -2.18. The average molecular weight is 360 g/mol. The van der Waals surface area contributed by atoms with Crippen LogP contribution in [-0.4, -0.2) is 34.9 Å². The lowest BCUT2D eigenvalue weighted by Crippen LogP contribution is -2.32. The molecule has 0 bridgehead atoms. The van der Waals surface area contributed by atoms with Gasteiger partial charge in [0, 0.05) is 18.5 Å². The van der Waals surface area contributed by atoms with Gasteiger partial charge in [0.05, 0.1) is 16.9 Å². The highest BCUT2D eigenvalue weighted by Gasteiger charge is 2.19. The minimum atomic E-state index is -0.316. The molecule has 3 aromatic rings. The number of nitrogens with zero attached hydrogens (tertiary/aromatic N) is 2. The van der Waals surface area contributed by atoms with E-state index in [0.29, 0.717) is 17.1 Å². The van der Waals surface area contributed by atoms with Gasteiger partial charge in [-0.05, 0) is 37.1 Å². The van der Waals surface area contributed by atoms with Gasteiger partial charge in [-0.25, -0.2) is 9.78 Å². The van der Waals surface area contributed by atoms with Crippen LogP contribution < -0.4 is 10.6 Å². The number of pyridine rings is 1. The van der Waals surface area contributed by atoms with E-state index < -0.39 is 0 Å². The van der Waals surface area contributed by atoms with Crippen molar-refractivity contribution in [1.82, 2.24) is 9.88 Å². The molecule has 4 rings (SSSR count). The topological polar surface area (TPSA) is 74.3 Å². The van der Waals surface area contributed by atoms with Crippen LogP contribution in [0.15, 0.2) is 60.7 Å². The van der Waals surface area contributed by atoms with Crippen LogP contribution in [0.5, 0.6) is 0 Å². The summed E-state index contributed by atoms with van der Waals surface area (Å²) in [7, 11) is 0. The van der Waals surface area contributed by atoms with E-state index in [2.05, 4.69) is 15.6 Å². The first kappa shape index (κ1) is 17.0. The number of urea groups is 1. The molecule has 0 spiro atoms. The van der Waals surface area contributed by atoms with Gasteiger partial charge in [0.25, 0.3) is 5.91 Å². The van der Waals surface area contributed by atoms with Gasteiger partial charge in [0.1, 0.15) is 5.69 Å². The van der Waals surface area contributed by atoms with E-state index in [1.807, 2.05) is 42.5 Å². The van der Waals surface area contributed by atoms with Crippen LogP contribution in [0.2, 0.25) is 0 Å². The molecule has 1 saturated heterocycles. The van der Waals surface area contributed by atoms with Gasteiger partial charge < -0.3 is 15.5 Å². The highest BCUT2D eigenvalue weighted by atomic mass is 16.2. The highest BCUT2D eigenvalue weighted by Crippen LogP contribution is 2.23. The molecule has 27 heavy (non-hydrogen) atoms. The minimum Gasteiger partial charge on any atom is -0.325 e. The van der Waals surface area contributed by atoms with Crippen molar-refractivity contribution in [2.75, 3.05) is 23.7 Å². The molecular weight excluding hydrogens is 340 g/mol. The van der Waals surface area contributed by atoms with Gasteiger partial charge in [-0.15, -0.1) is 0 Å². The maximum atomic E-state index is 12.7. The molecule has 3 amide bonds. The van der Waals surface area contributed by atoms with E-state index in [9.17, 15) is 9.59 Å². The maximum Gasteiger partial charge on any atom is 0.321 e. The number of para-hydroxylation sites is 3. The molecule has 0 aliphatic carbocycles. The Bertz CT molecular complexity index is 996. The fraction of sp³-hybridized carbons (Fsp3) is 0.190. The molecule has 1 aliphatic rings. The number of fused-ring (bicyclic) bond motifs is 1. The zero-order valence-electron chi connectivity index (χ0n) is 14.8. The van der Waals surface area contributed by atoms with E-state index in [-0.39, 0.29) is 11.9 Å². The number of aromatic nitrogens is 1. The van der Waals surface area contributed by atoms with Crippen LogP contribution >= 0.6 is 0 Å². The molecular formula is C21H20N4O2. The molecule has 0 saturated carbocycles. The highest BCUT2D eigenvalue weighted by molar-refractivity contribution is 6.06. The van der Waals surface area contributed by atoms with Crippen molar-refractivity contribution in [2.24, 2.45) is 0 Å². The Labute approximate surface area is 157 Å². The SMILES string of the molecule is O=C(Nc1ccccc1NC(=O)N1CCCC1)c1ccc2ccccc2n1. The van der Waals surface area contributed by atoms with Gasteiger partial charge in [-0.1, -0.05) is 36.4 Å². The predicted octanol–water partition coefficient (Wildman–Crippen LogP) is 4.11. The smallest absolute Gasteiger partial charge is 0.321 e. The number of amides is 3. The van der Waals surface area contributed by atoms with Gasteiger partial charge in [-0.3, -0.25) is 4.79 Å². The number of carbonyl (C=O) groups is 2. The van der Waals surface area contributed by atoms with Crippen molar-refractivity contribution in [1.29, 1.82) is 0 Å². The third-order valence-electron chi connectivity index (χ3n) is 4.64. The predicted molar refractivity (Wildman–Crippen MR) is 106 cm³/mol. The lowest BCUT2D eigenvalue weighted by molar-refractivity contribution is 0.102. The Morgan fingerprint density at radius 3 is 2.26 bits per heavy atom. The third kappa shape index (κ3) is 3.74. The monoisotopic (exact) mass is 360 g/mol. The maximum absolute atomic E-state index is 12.7. The van der Waals surface area contributed by atoms with E-state index in [0.717, 1.165) is 36.8 Å². The number of rotatable bonds is 3. The van der Waals surface area contributed by atoms with E-state index in [1.165, 1.54) is 0 Å². The van der Waals surface area contributed by atoms with Crippen LogP contribution in [-0.2, 0) is 0 Å². The van der Waals surface area contributed by atoms with Crippen molar-refractivity contribution >= 4 is 34.2 Å². The van der Waals surface area contributed by atoms with Gasteiger partial charge in [0.2, 0.25) is 0 Å². The average Bonchev–Trinajstić information content (AvgIpc) is 3.24. The van der Waals surface area contributed by atoms with Crippen LogP contribution in [0.3, 0.4) is 0 Å². The second-order valence-electron chi connectivity index (χ2n) is 6.51. The number of hydrogen-bond donors (Lipinski definition) is 2. The largest absolute Gasteiger partial charge is 0.325 e. The van der Waals surface area contributed by atoms with Crippen molar-refractivity contribution in [3.63, 3.8) is 0 Å². The van der Waals surface area contributed by atoms with Gasteiger partial charge in [0.15, 0.2) is 0 Å². The summed E-state index contributed by atoms with van der Waals surface area (Å²) < 4.78 is 0. The second-order valence-corrected chi connectivity index (χ2v) is 6.51. The van der Waals surface area contributed by atoms with Crippen LogP contribution in [0.4, 0.5) is 16.2 Å². The lowest BCUT2D eigenvalue weighted by atomic mass is 10.2. The van der Waals surface area contributed by atoms with Crippen LogP contribution in [0, 0.1) is 0 Å². The molecule has 2 aromatic carbocycles. The summed E-state index contributed by atoms with van der Waals surface area (Å²) in [5.41, 5.74) is 2.21. The Balaban J connectivity index is 1.52. The van der Waals surface area contributed by atoms with Crippen LogP contribution in [0.25, 0.3) is 10.9 Å². The van der Waals surface area contributed by atoms with Crippen LogP contribution in [0.1, 0.15) is 23.3 Å². The van der Waals surface area contributed by atoms with Crippen molar-refractivity contribution < 1.29 is 9.59 Å². The Morgan fingerprint density at radius 2 is 1.48 bits per heavy atom. The summed E-state index contributed by atoms with van der Waals surface area (Å²) in [6.07, 6.45) is 2.05. The molecule has 0 unspecified atom stereocenters. The molecule has 1 aromatic heterocycles. The summed E-state index contributed by atoms with van der Waals surface area (Å²) in [6.45, 7) is 1.53. The molecule has 6 nitrogen and oxygen atoms in total.